The second-order valence-electron chi connectivity index (χ2n) is 5.14. The summed E-state index contributed by atoms with van der Waals surface area (Å²) < 4.78 is 0. The maximum atomic E-state index is 11.3. The number of amidine groups is 1. The number of rotatable bonds is 4. The van der Waals surface area contributed by atoms with Crippen LogP contribution in [0, 0.1) is 16.7 Å². The van der Waals surface area contributed by atoms with Gasteiger partial charge in [0.05, 0.1) is 5.69 Å². The van der Waals surface area contributed by atoms with E-state index >= 15 is 0 Å². The van der Waals surface area contributed by atoms with Gasteiger partial charge >= 0.3 is 0 Å². The van der Waals surface area contributed by atoms with Gasteiger partial charge in [0.1, 0.15) is 6.07 Å². The Morgan fingerprint density at radius 2 is 1.91 bits per heavy atom. The van der Waals surface area contributed by atoms with Crippen molar-refractivity contribution in [2.24, 2.45) is 10.8 Å². The van der Waals surface area contributed by atoms with Gasteiger partial charge in [0.2, 0.25) is 11.6 Å². The van der Waals surface area contributed by atoms with Crippen molar-refractivity contribution >= 4 is 28.8 Å². The lowest BCUT2D eigenvalue weighted by Gasteiger charge is -2.35. The monoisotopic (exact) mass is 313 g/mol. The predicted molar refractivity (Wildman–Crippen MR) is 89.5 cm³/mol. The molecule has 0 atom stereocenters. The molecule has 0 saturated carbocycles. The molecule has 0 aromatic heterocycles. The fourth-order valence-corrected chi connectivity index (χ4v) is 2.29. The van der Waals surface area contributed by atoms with E-state index in [0.717, 1.165) is 31.9 Å². The third kappa shape index (κ3) is 4.20. The molecule has 2 rings (SSSR count). The van der Waals surface area contributed by atoms with Crippen molar-refractivity contribution in [2.45, 2.75) is 6.92 Å². The number of carbonyl (C=O) groups excluding carboxylic acids is 1. The van der Waals surface area contributed by atoms with Crippen LogP contribution in [-0.2, 0) is 4.79 Å². The van der Waals surface area contributed by atoms with Crippen LogP contribution < -0.4 is 16.1 Å². The zero-order valence-corrected chi connectivity index (χ0v) is 12.9. The van der Waals surface area contributed by atoms with E-state index in [1.807, 2.05) is 29.2 Å². The van der Waals surface area contributed by atoms with Gasteiger partial charge < -0.3 is 15.5 Å². The summed E-state index contributed by atoms with van der Waals surface area (Å²) in [6.45, 7) is 4.64. The minimum atomic E-state index is -0.375. The number of hydrogen-bond acceptors (Lipinski definition) is 6. The highest BCUT2D eigenvalue weighted by Gasteiger charge is 2.18. The Morgan fingerprint density at radius 1 is 1.30 bits per heavy atom. The van der Waals surface area contributed by atoms with E-state index in [1.165, 1.54) is 0 Å². The first kappa shape index (κ1) is 16.3. The molecule has 0 aliphatic carbocycles. The van der Waals surface area contributed by atoms with Gasteiger partial charge in [-0.2, -0.15) is 10.4 Å². The summed E-state index contributed by atoms with van der Waals surface area (Å²) in [6, 6.07) is 9.31. The largest absolute Gasteiger partial charge is 0.382 e. The van der Waals surface area contributed by atoms with Crippen molar-refractivity contribution in [3.63, 3.8) is 0 Å². The topological polar surface area (TPSA) is 122 Å². The molecule has 1 heterocycles. The van der Waals surface area contributed by atoms with E-state index in [-0.39, 0.29) is 17.5 Å². The van der Waals surface area contributed by atoms with Crippen LogP contribution in [0.25, 0.3) is 0 Å². The Kier molecular flexibility index (Phi) is 5.15. The molecule has 1 aromatic carbocycles. The second-order valence-corrected chi connectivity index (χ2v) is 5.14. The van der Waals surface area contributed by atoms with Gasteiger partial charge in [-0.25, -0.2) is 0 Å². The normalized spacial score (nSPS) is 15.0. The minimum absolute atomic E-state index is 0.112. The third-order valence-electron chi connectivity index (χ3n) is 3.62. The highest BCUT2D eigenvalue weighted by molar-refractivity contribution is 6.45. The molecular weight excluding hydrogens is 294 g/mol. The molecule has 0 bridgehead atoms. The van der Waals surface area contributed by atoms with Crippen molar-refractivity contribution in [2.75, 3.05) is 36.5 Å². The number of carbonyl (C=O) groups is 1. The zero-order chi connectivity index (χ0) is 16.8. The van der Waals surface area contributed by atoms with Crippen LogP contribution in [0.4, 0.5) is 11.4 Å². The molecular formula is C15H19N7O. The summed E-state index contributed by atoms with van der Waals surface area (Å²) in [6.07, 6.45) is 0. The second kappa shape index (κ2) is 7.26. The maximum Gasteiger partial charge on any atom is 0.219 e. The first-order valence-electron chi connectivity index (χ1n) is 7.20. The standard InChI is InChI=1S/C15H19N7O/c1-11(23)21-6-8-22(9-7-21)13-4-2-12(3-5-13)19-20-14(10-16)15(17)18/h2-5,19H,6-9H2,1H3,(H3,17,18)/b20-14+. The van der Waals surface area contributed by atoms with Crippen LogP contribution in [0.5, 0.6) is 0 Å². The number of nitrogens with zero attached hydrogens (tertiary/aromatic N) is 4. The van der Waals surface area contributed by atoms with Crippen molar-refractivity contribution in [3.05, 3.63) is 24.3 Å². The van der Waals surface area contributed by atoms with Crippen LogP contribution in [0.2, 0.25) is 0 Å². The average molecular weight is 313 g/mol. The van der Waals surface area contributed by atoms with Crippen LogP contribution in [0.1, 0.15) is 6.92 Å². The van der Waals surface area contributed by atoms with Crippen molar-refractivity contribution in [1.29, 1.82) is 10.7 Å². The van der Waals surface area contributed by atoms with Gasteiger partial charge in [-0.3, -0.25) is 15.6 Å². The fourth-order valence-electron chi connectivity index (χ4n) is 2.29. The van der Waals surface area contributed by atoms with Crippen LogP contribution in [-0.4, -0.2) is 48.5 Å². The summed E-state index contributed by atoms with van der Waals surface area (Å²) in [7, 11) is 0. The predicted octanol–water partition coefficient (Wildman–Crippen LogP) is 0.583. The Hall–Kier alpha value is -3.08. The molecule has 8 heteroatoms. The number of piperazine rings is 1. The number of anilines is 2. The smallest absolute Gasteiger partial charge is 0.219 e. The van der Waals surface area contributed by atoms with Gasteiger partial charge in [-0.1, -0.05) is 0 Å². The number of nitriles is 1. The molecule has 23 heavy (non-hydrogen) atoms. The first-order valence-corrected chi connectivity index (χ1v) is 7.20. The molecule has 120 valence electrons. The van der Waals surface area contributed by atoms with E-state index < -0.39 is 0 Å². The Balaban J connectivity index is 1.97. The molecule has 4 N–H and O–H groups in total. The van der Waals surface area contributed by atoms with E-state index in [2.05, 4.69) is 15.4 Å². The minimum Gasteiger partial charge on any atom is -0.382 e. The summed E-state index contributed by atoms with van der Waals surface area (Å²) >= 11 is 0. The number of benzene rings is 1. The van der Waals surface area contributed by atoms with E-state index in [0.29, 0.717) is 5.69 Å². The lowest BCUT2D eigenvalue weighted by Crippen LogP contribution is -2.48. The number of hydrogen-bond donors (Lipinski definition) is 3. The third-order valence-corrected chi connectivity index (χ3v) is 3.62. The van der Waals surface area contributed by atoms with Crippen LogP contribution >= 0.6 is 0 Å². The summed E-state index contributed by atoms with van der Waals surface area (Å²) in [5, 5.41) is 19.7. The number of amides is 1. The Bertz CT molecular complexity index is 651. The summed E-state index contributed by atoms with van der Waals surface area (Å²) in [4.78, 5) is 15.4. The number of hydrazone groups is 1. The molecule has 1 aliphatic heterocycles. The number of nitrogens with one attached hydrogen (secondary N) is 2. The van der Waals surface area contributed by atoms with Crippen LogP contribution in [0.15, 0.2) is 29.4 Å². The maximum absolute atomic E-state index is 11.3. The Labute approximate surface area is 134 Å². The highest BCUT2D eigenvalue weighted by atomic mass is 16.2. The molecule has 1 aromatic rings. The van der Waals surface area contributed by atoms with E-state index in [4.69, 9.17) is 16.4 Å². The highest BCUT2D eigenvalue weighted by Crippen LogP contribution is 2.19. The van der Waals surface area contributed by atoms with Gasteiger partial charge in [0, 0.05) is 38.8 Å². The molecule has 1 aliphatic rings. The van der Waals surface area contributed by atoms with Crippen LogP contribution in [0.3, 0.4) is 0 Å². The molecule has 0 spiro atoms. The van der Waals surface area contributed by atoms with Crippen molar-refractivity contribution in [3.8, 4) is 6.07 Å². The lowest BCUT2D eigenvalue weighted by molar-refractivity contribution is -0.129. The molecule has 1 saturated heterocycles. The summed E-state index contributed by atoms with van der Waals surface area (Å²) in [5.74, 6) is -0.263. The quantitative estimate of drug-likeness (QED) is 0.426. The fraction of sp³-hybridized carbons (Fsp3) is 0.333. The average Bonchev–Trinajstić information content (AvgIpc) is 2.56. The van der Waals surface area contributed by atoms with Gasteiger partial charge in [-0.05, 0) is 24.3 Å². The van der Waals surface area contributed by atoms with E-state index in [1.54, 1.807) is 13.0 Å². The number of nitrogens with two attached hydrogens (primary N) is 1. The van der Waals surface area contributed by atoms with E-state index in [9.17, 15) is 4.79 Å². The zero-order valence-electron chi connectivity index (χ0n) is 12.9. The van der Waals surface area contributed by atoms with Crippen molar-refractivity contribution in [1.82, 2.24) is 4.90 Å². The van der Waals surface area contributed by atoms with Crippen molar-refractivity contribution < 1.29 is 4.79 Å². The lowest BCUT2D eigenvalue weighted by atomic mass is 10.2. The first-order chi connectivity index (χ1) is 11.0. The SMILES string of the molecule is CC(=O)N1CCN(c2ccc(N/N=C(\C#N)C(=N)N)cc2)CC1. The molecule has 1 amide bonds. The molecule has 0 radical (unpaired) electrons. The molecule has 8 nitrogen and oxygen atoms in total. The molecule has 1 fully saturated rings. The van der Waals surface area contributed by atoms with Gasteiger partial charge in [0.25, 0.3) is 0 Å². The Morgan fingerprint density at radius 3 is 2.39 bits per heavy atom. The van der Waals surface area contributed by atoms with Gasteiger partial charge in [0.15, 0.2) is 5.84 Å². The summed E-state index contributed by atoms with van der Waals surface area (Å²) in [5.41, 5.74) is 9.53. The molecule has 0 unspecified atom stereocenters. The van der Waals surface area contributed by atoms with Gasteiger partial charge in [-0.15, -0.1) is 0 Å².